The van der Waals surface area contributed by atoms with E-state index >= 15 is 0 Å². The third kappa shape index (κ3) is 5.92. The molecule has 1 amide bonds. The Morgan fingerprint density at radius 1 is 1.11 bits per heavy atom. The van der Waals surface area contributed by atoms with E-state index in [1.807, 2.05) is 24.3 Å². The maximum atomic E-state index is 13.3. The number of rotatable bonds is 6. The fraction of sp³-hybridized carbons (Fsp3) is 0.667. The molecule has 2 heterocycles. The number of hydrogen-bond acceptors (Lipinski definition) is 4. The molecule has 0 bridgehead atoms. The molecule has 0 aliphatic carbocycles. The molecule has 6 heteroatoms. The molecule has 0 radical (unpaired) electrons. The van der Waals surface area contributed by atoms with Gasteiger partial charge in [-0.15, -0.1) is 0 Å². The molecule has 0 saturated carbocycles. The lowest BCUT2D eigenvalue weighted by Gasteiger charge is -2.39. The maximum absolute atomic E-state index is 13.3. The van der Waals surface area contributed by atoms with Gasteiger partial charge in [0.25, 0.3) is 0 Å². The van der Waals surface area contributed by atoms with Gasteiger partial charge in [-0.3, -0.25) is 9.69 Å². The Balaban J connectivity index is 1.72. The molecule has 0 aromatic heterocycles. The van der Waals surface area contributed by atoms with Crippen molar-refractivity contribution < 1.29 is 9.53 Å². The van der Waals surface area contributed by atoms with Crippen LogP contribution in [0.25, 0.3) is 0 Å². The first-order valence-electron chi connectivity index (χ1n) is 10.1. The molecule has 1 atom stereocenters. The van der Waals surface area contributed by atoms with Crippen molar-refractivity contribution in [2.45, 2.75) is 44.7 Å². The van der Waals surface area contributed by atoms with Gasteiger partial charge in [-0.1, -0.05) is 30.2 Å². The van der Waals surface area contributed by atoms with E-state index in [1.54, 1.807) is 0 Å². The van der Waals surface area contributed by atoms with Crippen LogP contribution in [0.15, 0.2) is 24.3 Å². The minimum Gasteiger partial charge on any atom is -0.379 e. The average Bonchev–Trinajstić information content (AvgIpc) is 2.64. The summed E-state index contributed by atoms with van der Waals surface area (Å²) in [6.07, 6.45) is 3.83. The second kappa shape index (κ2) is 9.37. The van der Waals surface area contributed by atoms with Gasteiger partial charge in [-0.2, -0.15) is 0 Å². The van der Waals surface area contributed by atoms with Crippen molar-refractivity contribution in [1.82, 2.24) is 15.1 Å². The Labute approximate surface area is 168 Å². The van der Waals surface area contributed by atoms with Crippen molar-refractivity contribution in [3.05, 3.63) is 34.9 Å². The fourth-order valence-corrected chi connectivity index (χ4v) is 4.25. The molecular formula is C21H32ClN3O2. The lowest BCUT2D eigenvalue weighted by Crippen LogP contribution is -2.55. The van der Waals surface area contributed by atoms with Crippen molar-refractivity contribution in [3.8, 4) is 0 Å². The van der Waals surface area contributed by atoms with Crippen LogP contribution in [0.1, 0.15) is 44.7 Å². The largest absolute Gasteiger partial charge is 0.379 e. The molecular weight excluding hydrogens is 362 g/mol. The Morgan fingerprint density at radius 3 is 2.37 bits per heavy atom. The van der Waals surface area contributed by atoms with Crippen LogP contribution in [0.4, 0.5) is 0 Å². The number of ether oxygens (including phenoxy) is 1. The molecule has 3 rings (SSSR count). The van der Waals surface area contributed by atoms with E-state index in [-0.39, 0.29) is 17.5 Å². The molecule has 1 N–H and O–H groups in total. The van der Waals surface area contributed by atoms with Gasteiger partial charge in [0.05, 0.1) is 13.2 Å². The Bertz CT molecular complexity index is 608. The molecule has 2 fully saturated rings. The fourth-order valence-electron chi connectivity index (χ4n) is 4.13. The second-order valence-corrected chi connectivity index (χ2v) is 8.75. The van der Waals surface area contributed by atoms with Crippen molar-refractivity contribution in [3.63, 3.8) is 0 Å². The first-order valence-corrected chi connectivity index (χ1v) is 10.4. The van der Waals surface area contributed by atoms with E-state index in [2.05, 4.69) is 29.0 Å². The van der Waals surface area contributed by atoms with E-state index < -0.39 is 0 Å². The van der Waals surface area contributed by atoms with Crippen LogP contribution in [-0.2, 0) is 9.53 Å². The summed E-state index contributed by atoms with van der Waals surface area (Å²) in [6.45, 7) is 10.2. The minimum atomic E-state index is -0.313. The van der Waals surface area contributed by atoms with Crippen molar-refractivity contribution in [2.24, 2.45) is 0 Å². The zero-order chi connectivity index (χ0) is 19.3. The number of carbonyl (C=O) groups excluding carboxylic acids is 1. The topological polar surface area (TPSA) is 44.8 Å². The van der Waals surface area contributed by atoms with Crippen molar-refractivity contribution in [1.29, 1.82) is 0 Å². The number of morpholine rings is 1. The molecule has 1 aromatic carbocycles. The summed E-state index contributed by atoms with van der Waals surface area (Å²) in [6, 6.07) is 7.32. The number of amides is 1. The third-order valence-corrected chi connectivity index (χ3v) is 5.63. The monoisotopic (exact) mass is 393 g/mol. The zero-order valence-corrected chi connectivity index (χ0v) is 17.3. The first kappa shape index (κ1) is 20.6. The SMILES string of the molecule is CC(C)(CN1CCCCC1)NC(=O)[C@H](c1ccc(Cl)cc1)N1CCOCC1. The van der Waals surface area contributed by atoms with Gasteiger partial charge in [-0.25, -0.2) is 0 Å². The number of carbonyl (C=O) groups is 1. The van der Waals surface area contributed by atoms with Gasteiger partial charge in [0.2, 0.25) is 5.91 Å². The Morgan fingerprint density at radius 2 is 1.74 bits per heavy atom. The molecule has 150 valence electrons. The molecule has 2 aliphatic rings. The van der Waals surface area contributed by atoms with Gasteiger partial charge in [0.1, 0.15) is 6.04 Å². The van der Waals surface area contributed by atoms with E-state index in [1.165, 1.54) is 19.3 Å². The smallest absolute Gasteiger partial charge is 0.242 e. The first-order chi connectivity index (χ1) is 12.9. The van der Waals surface area contributed by atoms with E-state index in [4.69, 9.17) is 16.3 Å². The summed E-state index contributed by atoms with van der Waals surface area (Å²) in [5, 5.41) is 4.00. The molecule has 1 aromatic rings. The zero-order valence-electron chi connectivity index (χ0n) is 16.5. The van der Waals surface area contributed by atoms with E-state index in [0.29, 0.717) is 18.2 Å². The highest BCUT2D eigenvalue weighted by atomic mass is 35.5. The van der Waals surface area contributed by atoms with Crippen LogP contribution >= 0.6 is 11.6 Å². The summed E-state index contributed by atoms with van der Waals surface area (Å²) in [4.78, 5) is 18.0. The van der Waals surface area contributed by atoms with E-state index in [0.717, 1.165) is 38.3 Å². The predicted molar refractivity (Wildman–Crippen MR) is 109 cm³/mol. The normalized spacial score (nSPS) is 21.0. The Hall–Kier alpha value is -1.14. The van der Waals surface area contributed by atoms with Gasteiger partial charge in [-0.05, 0) is 57.5 Å². The second-order valence-electron chi connectivity index (χ2n) is 8.31. The highest BCUT2D eigenvalue weighted by Crippen LogP contribution is 2.25. The Kier molecular flexibility index (Phi) is 7.15. The van der Waals surface area contributed by atoms with Gasteiger partial charge < -0.3 is 15.0 Å². The predicted octanol–water partition coefficient (Wildman–Crippen LogP) is 3.09. The molecule has 5 nitrogen and oxygen atoms in total. The number of likely N-dealkylation sites (tertiary alicyclic amines) is 1. The lowest BCUT2D eigenvalue weighted by atomic mass is 9.99. The van der Waals surface area contributed by atoms with Gasteiger partial charge >= 0.3 is 0 Å². The number of halogens is 1. The van der Waals surface area contributed by atoms with Gasteiger partial charge in [0, 0.05) is 30.2 Å². The van der Waals surface area contributed by atoms with Crippen LogP contribution in [0.3, 0.4) is 0 Å². The van der Waals surface area contributed by atoms with Crippen molar-refractivity contribution >= 4 is 17.5 Å². The van der Waals surface area contributed by atoms with Crippen LogP contribution < -0.4 is 5.32 Å². The maximum Gasteiger partial charge on any atom is 0.242 e. The summed E-state index contributed by atoms with van der Waals surface area (Å²) in [5.41, 5.74) is 0.707. The molecule has 27 heavy (non-hydrogen) atoms. The number of nitrogens with zero attached hydrogens (tertiary/aromatic N) is 2. The molecule has 0 unspecified atom stereocenters. The third-order valence-electron chi connectivity index (χ3n) is 5.37. The molecule has 2 aliphatic heterocycles. The van der Waals surface area contributed by atoms with Crippen LogP contribution in [-0.4, -0.2) is 67.2 Å². The van der Waals surface area contributed by atoms with Gasteiger partial charge in [0.15, 0.2) is 0 Å². The highest BCUT2D eigenvalue weighted by molar-refractivity contribution is 6.30. The van der Waals surface area contributed by atoms with Crippen molar-refractivity contribution in [2.75, 3.05) is 45.9 Å². The quantitative estimate of drug-likeness (QED) is 0.806. The number of nitrogens with one attached hydrogen (secondary N) is 1. The lowest BCUT2D eigenvalue weighted by molar-refractivity contribution is -0.130. The summed E-state index contributed by atoms with van der Waals surface area (Å²) >= 11 is 6.06. The molecule has 0 spiro atoms. The highest BCUT2D eigenvalue weighted by Gasteiger charge is 2.33. The standard InChI is InChI=1S/C21H32ClN3O2/c1-21(2,16-24-10-4-3-5-11-24)23-20(26)19(25-12-14-27-15-13-25)17-6-8-18(22)9-7-17/h6-9,19H,3-5,10-16H2,1-2H3,(H,23,26)/t19-/m0/s1. The summed E-state index contributed by atoms with van der Waals surface area (Å²) in [5.74, 6) is 0.0567. The van der Waals surface area contributed by atoms with Crippen LogP contribution in [0.5, 0.6) is 0 Å². The molecule has 2 saturated heterocycles. The van der Waals surface area contributed by atoms with Crippen LogP contribution in [0, 0.1) is 0 Å². The summed E-state index contributed by atoms with van der Waals surface area (Å²) in [7, 11) is 0. The van der Waals surface area contributed by atoms with Crippen LogP contribution in [0.2, 0.25) is 5.02 Å². The number of piperidine rings is 1. The minimum absolute atomic E-state index is 0.0567. The summed E-state index contributed by atoms with van der Waals surface area (Å²) < 4.78 is 5.48. The number of hydrogen-bond donors (Lipinski definition) is 1. The number of benzene rings is 1. The van der Waals surface area contributed by atoms with E-state index in [9.17, 15) is 4.79 Å². The average molecular weight is 394 g/mol.